The van der Waals surface area contributed by atoms with Gasteiger partial charge in [-0.25, -0.2) is 0 Å². The molecule has 3 heterocycles. The second-order valence-corrected chi connectivity index (χ2v) is 10.4. The number of hydrogen-bond acceptors (Lipinski definition) is 4. The zero-order valence-corrected chi connectivity index (χ0v) is 22.6. The number of aryl methyl sites for hydroxylation is 1. The Labute approximate surface area is 218 Å². The maximum atomic E-state index is 13.6. The number of H-pyrrole nitrogens is 1. The van der Waals surface area contributed by atoms with E-state index in [1.165, 1.54) is 0 Å². The summed E-state index contributed by atoms with van der Waals surface area (Å²) >= 11 is 0. The number of unbranched alkanes of at least 4 members (excludes halogenated alkanes) is 1. The Morgan fingerprint density at radius 3 is 2.62 bits per heavy atom. The first-order valence-electron chi connectivity index (χ1n) is 13.5. The molecule has 7 heteroatoms. The van der Waals surface area contributed by atoms with Crippen LogP contribution in [0.1, 0.15) is 72.4 Å². The maximum absolute atomic E-state index is 13.6. The van der Waals surface area contributed by atoms with E-state index >= 15 is 0 Å². The minimum absolute atomic E-state index is 0.0457. The Kier molecular flexibility index (Phi) is 8.85. The number of benzene rings is 1. The Balaban J connectivity index is 1.55. The van der Waals surface area contributed by atoms with Crippen molar-refractivity contribution in [3.63, 3.8) is 0 Å². The van der Waals surface area contributed by atoms with Crippen LogP contribution in [0.25, 0.3) is 10.9 Å². The van der Waals surface area contributed by atoms with Gasteiger partial charge in [0.05, 0.1) is 19.3 Å². The van der Waals surface area contributed by atoms with E-state index in [2.05, 4.69) is 34.4 Å². The van der Waals surface area contributed by atoms with E-state index in [0.29, 0.717) is 30.1 Å². The van der Waals surface area contributed by atoms with Crippen LogP contribution in [0.5, 0.6) is 5.75 Å². The first kappa shape index (κ1) is 27.1. The molecule has 37 heavy (non-hydrogen) atoms. The fraction of sp³-hybridized carbons (Fsp3) is 0.533. The normalized spacial score (nSPS) is 15.8. The van der Waals surface area contributed by atoms with Crippen LogP contribution in [-0.2, 0) is 6.42 Å². The molecule has 200 valence electrons. The number of carbonyl (C=O) groups is 1. The van der Waals surface area contributed by atoms with Crippen molar-refractivity contribution >= 4 is 16.7 Å². The highest BCUT2D eigenvalue weighted by atomic mass is 19.1. The lowest BCUT2D eigenvalue weighted by Gasteiger charge is -2.36. The summed E-state index contributed by atoms with van der Waals surface area (Å²) < 4.78 is 20.2. The summed E-state index contributed by atoms with van der Waals surface area (Å²) in [7, 11) is 1.55. The number of aromatic nitrogens is 2. The number of halogens is 1. The molecule has 0 amide bonds. The first-order valence-corrected chi connectivity index (χ1v) is 13.5. The molecule has 0 aliphatic carbocycles. The number of nitrogens with one attached hydrogen (secondary N) is 1. The van der Waals surface area contributed by atoms with E-state index in [9.17, 15) is 14.0 Å². The number of aromatic amines is 1. The Morgan fingerprint density at radius 1 is 1.19 bits per heavy atom. The molecule has 0 radical (unpaired) electrons. The van der Waals surface area contributed by atoms with Gasteiger partial charge in [0.1, 0.15) is 5.75 Å². The molecule has 0 bridgehead atoms. The molecule has 3 aromatic rings. The lowest BCUT2D eigenvalue weighted by Crippen LogP contribution is -2.37. The highest BCUT2D eigenvalue weighted by Crippen LogP contribution is 2.36. The summed E-state index contributed by atoms with van der Waals surface area (Å²) in [6, 6.07) is 10.2. The van der Waals surface area contributed by atoms with Crippen molar-refractivity contribution in [1.29, 1.82) is 0 Å². The smallest absolute Gasteiger partial charge is 0.255 e. The number of ether oxygens (including phenoxy) is 1. The number of nitrogens with zero attached hydrogens (tertiary/aromatic N) is 2. The molecule has 1 aliphatic rings. The molecule has 2 aromatic heterocycles. The number of alkyl halides is 1. The maximum Gasteiger partial charge on any atom is 0.255 e. The number of piperidine rings is 1. The van der Waals surface area contributed by atoms with Crippen molar-refractivity contribution in [2.24, 2.45) is 5.92 Å². The van der Waals surface area contributed by atoms with Crippen LogP contribution in [0.3, 0.4) is 0 Å². The topological polar surface area (TPSA) is 67.3 Å². The van der Waals surface area contributed by atoms with Crippen LogP contribution < -0.4 is 10.3 Å². The van der Waals surface area contributed by atoms with Crippen molar-refractivity contribution < 1.29 is 13.9 Å². The monoisotopic (exact) mass is 509 g/mol. The minimum Gasteiger partial charge on any atom is -0.496 e. The molecule has 0 spiro atoms. The van der Waals surface area contributed by atoms with Crippen LogP contribution in [0.15, 0.2) is 35.1 Å². The number of Topliss-reactive ketones (excluding diaryl/α,β-unsaturated/α-hetero) is 1. The zero-order valence-electron chi connectivity index (χ0n) is 22.6. The number of fused-ring (bicyclic) bond motifs is 1. The third kappa shape index (κ3) is 5.82. The summed E-state index contributed by atoms with van der Waals surface area (Å²) in [6.45, 7) is 8.96. The van der Waals surface area contributed by atoms with Gasteiger partial charge >= 0.3 is 0 Å². The molecule has 1 fully saturated rings. The number of likely N-dealkylation sites (tertiary alicyclic amines) is 1. The summed E-state index contributed by atoms with van der Waals surface area (Å²) in [4.78, 5) is 31.4. The number of pyridine rings is 1. The second-order valence-electron chi connectivity index (χ2n) is 10.4. The number of para-hydroxylation sites is 1. The molecule has 1 saturated heterocycles. The Bertz CT molecular complexity index is 1290. The standard InChI is InChI=1S/C30H40FN3O3/c1-20-19-28(37-4)25(30(36)32-20)11-12-27(35)29-22(3)34(26-10-6-5-9-24(26)29)21(2)23-13-17-33(18-14-23)16-8-7-15-31/h5-6,9-10,19,21,23H,7-8,11-18H2,1-4H3,(H,32,36)/t21-/m1/s1. The Hall–Kier alpha value is -2.93. The lowest BCUT2D eigenvalue weighted by molar-refractivity contribution is 0.0983. The van der Waals surface area contributed by atoms with Gasteiger partial charge in [-0.15, -0.1) is 0 Å². The summed E-state index contributed by atoms with van der Waals surface area (Å²) in [5, 5.41) is 0.977. The van der Waals surface area contributed by atoms with Crippen LogP contribution in [0.2, 0.25) is 0 Å². The third-order valence-corrected chi connectivity index (χ3v) is 8.07. The Morgan fingerprint density at radius 2 is 1.92 bits per heavy atom. The van der Waals surface area contributed by atoms with Crippen molar-refractivity contribution in [2.45, 2.75) is 65.3 Å². The van der Waals surface area contributed by atoms with Crippen molar-refractivity contribution in [2.75, 3.05) is 33.4 Å². The van der Waals surface area contributed by atoms with E-state index in [1.54, 1.807) is 13.2 Å². The molecule has 4 rings (SSSR count). The van der Waals surface area contributed by atoms with Crippen LogP contribution in [0.4, 0.5) is 4.39 Å². The van der Waals surface area contributed by atoms with Gasteiger partial charge < -0.3 is 19.2 Å². The molecule has 1 N–H and O–H groups in total. The molecular formula is C30H40FN3O3. The van der Waals surface area contributed by atoms with Gasteiger partial charge in [-0.2, -0.15) is 0 Å². The predicted octanol–water partition coefficient (Wildman–Crippen LogP) is 5.79. The number of carbonyl (C=O) groups excluding carboxylic acids is 1. The molecule has 1 aliphatic heterocycles. The van der Waals surface area contributed by atoms with Gasteiger partial charge in [-0.3, -0.25) is 14.0 Å². The average molecular weight is 510 g/mol. The van der Waals surface area contributed by atoms with Crippen LogP contribution in [-0.4, -0.2) is 53.7 Å². The number of methoxy groups -OCH3 is 1. The second kappa shape index (κ2) is 12.1. The fourth-order valence-corrected chi connectivity index (χ4v) is 6.04. The third-order valence-electron chi connectivity index (χ3n) is 8.07. The molecule has 1 aromatic carbocycles. The minimum atomic E-state index is -0.233. The largest absolute Gasteiger partial charge is 0.496 e. The molecular weight excluding hydrogens is 469 g/mol. The van der Waals surface area contributed by atoms with E-state index in [0.717, 1.165) is 66.8 Å². The van der Waals surface area contributed by atoms with Crippen molar-refractivity contribution in [3.05, 3.63) is 63.2 Å². The van der Waals surface area contributed by atoms with Gasteiger partial charge in [-0.05, 0) is 90.6 Å². The van der Waals surface area contributed by atoms with Crippen molar-refractivity contribution in [3.8, 4) is 5.75 Å². The molecule has 6 nitrogen and oxygen atoms in total. The number of hydrogen-bond donors (Lipinski definition) is 1. The quantitative estimate of drug-likeness (QED) is 0.262. The number of rotatable bonds is 11. The van der Waals surface area contributed by atoms with E-state index in [1.807, 2.05) is 25.1 Å². The summed E-state index contributed by atoms with van der Waals surface area (Å²) in [6.07, 6.45) is 4.33. The number of ketones is 1. The first-order chi connectivity index (χ1) is 17.8. The van der Waals surface area contributed by atoms with E-state index in [4.69, 9.17) is 4.74 Å². The van der Waals surface area contributed by atoms with Gasteiger partial charge in [0.25, 0.3) is 5.56 Å². The lowest BCUT2D eigenvalue weighted by atomic mass is 9.89. The summed E-state index contributed by atoms with van der Waals surface area (Å²) in [5.41, 5.74) is 3.88. The molecule has 1 atom stereocenters. The van der Waals surface area contributed by atoms with Gasteiger partial charge in [-0.1, -0.05) is 18.2 Å². The molecule has 0 unspecified atom stereocenters. The van der Waals surface area contributed by atoms with E-state index in [-0.39, 0.29) is 30.5 Å². The van der Waals surface area contributed by atoms with Gasteiger partial charge in [0.2, 0.25) is 0 Å². The highest BCUT2D eigenvalue weighted by Gasteiger charge is 2.29. The average Bonchev–Trinajstić information content (AvgIpc) is 3.19. The summed E-state index contributed by atoms with van der Waals surface area (Å²) in [5.74, 6) is 1.09. The van der Waals surface area contributed by atoms with Crippen molar-refractivity contribution in [1.82, 2.24) is 14.5 Å². The van der Waals surface area contributed by atoms with Crippen LogP contribution >= 0.6 is 0 Å². The zero-order chi connectivity index (χ0) is 26.5. The highest BCUT2D eigenvalue weighted by molar-refractivity contribution is 6.09. The van der Waals surface area contributed by atoms with Gasteiger partial charge in [0, 0.05) is 40.3 Å². The van der Waals surface area contributed by atoms with E-state index < -0.39 is 0 Å². The SMILES string of the molecule is COc1cc(C)[nH]c(=O)c1CCC(=O)c1c(C)n([C@H](C)C2CCN(CCCCF)CC2)c2ccccc12. The van der Waals surface area contributed by atoms with Gasteiger partial charge in [0.15, 0.2) is 5.78 Å². The van der Waals surface area contributed by atoms with Crippen LogP contribution in [0, 0.1) is 19.8 Å². The predicted molar refractivity (Wildman–Crippen MR) is 147 cm³/mol. The fourth-order valence-electron chi connectivity index (χ4n) is 6.04. The molecule has 0 saturated carbocycles.